The first-order valence-corrected chi connectivity index (χ1v) is 4.77. The Morgan fingerprint density at radius 2 is 2.14 bits per heavy atom. The van der Waals surface area contributed by atoms with Crippen LogP contribution in [-0.2, 0) is 0 Å². The third-order valence-corrected chi connectivity index (χ3v) is 1.85. The number of hydrogen-bond donors (Lipinski definition) is 1. The number of aliphatic hydroxyl groups excluding tert-OH is 1. The average molecular weight is 192 g/mol. The molecule has 1 atom stereocenters. The Bertz CT molecular complexity index is 305. The number of rotatable bonds is 4. The van der Waals surface area contributed by atoms with Crippen molar-refractivity contribution in [2.75, 3.05) is 6.61 Å². The van der Waals surface area contributed by atoms with Crippen molar-refractivity contribution in [3.8, 4) is 5.75 Å². The fourth-order valence-electron chi connectivity index (χ4n) is 1.16. The van der Waals surface area contributed by atoms with Crippen LogP contribution < -0.4 is 4.74 Å². The van der Waals surface area contributed by atoms with E-state index in [1.807, 2.05) is 50.3 Å². The molecular weight excluding hydrogens is 176 g/mol. The Morgan fingerprint density at radius 3 is 2.79 bits per heavy atom. The molecule has 1 rings (SSSR count). The van der Waals surface area contributed by atoms with Gasteiger partial charge in [0.1, 0.15) is 11.9 Å². The number of ether oxygens (including phenoxy) is 1. The van der Waals surface area contributed by atoms with Crippen molar-refractivity contribution in [3.63, 3.8) is 0 Å². The molecule has 1 N–H and O–H groups in total. The molecule has 0 amide bonds. The maximum Gasteiger partial charge on any atom is 0.127 e. The zero-order valence-electron chi connectivity index (χ0n) is 8.60. The van der Waals surface area contributed by atoms with E-state index in [-0.39, 0.29) is 12.7 Å². The largest absolute Gasteiger partial charge is 0.488 e. The Morgan fingerprint density at radius 1 is 1.43 bits per heavy atom. The molecule has 0 spiro atoms. The number of para-hydroxylation sites is 1. The molecule has 0 heterocycles. The molecule has 0 aliphatic heterocycles. The van der Waals surface area contributed by atoms with E-state index in [0.717, 1.165) is 11.3 Å². The van der Waals surface area contributed by atoms with Crippen LogP contribution in [0.2, 0.25) is 0 Å². The second kappa shape index (κ2) is 5.45. The van der Waals surface area contributed by atoms with Crippen molar-refractivity contribution in [1.82, 2.24) is 0 Å². The van der Waals surface area contributed by atoms with Crippen molar-refractivity contribution in [2.45, 2.75) is 20.0 Å². The van der Waals surface area contributed by atoms with Crippen molar-refractivity contribution in [3.05, 3.63) is 35.9 Å². The SMILES string of the molecule is CC=Cc1ccccc1OC(C)CO. The third-order valence-electron chi connectivity index (χ3n) is 1.85. The number of benzene rings is 1. The number of allylic oxidation sites excluding steroid dienone is 1. The summed E-state index contributed by atoms with van der Waals surface area (Å²) in [5.41, 5.74) is 1.04. The van der Waals surface area contributed by atoms with Crippen LogP contribution in [-0.4, -0.2) is 17.8 Å². The minimum absolute atomic E-state index is 0.0319. The lowest BCUT2D eigenvalue weighted by atomic mass is 10.2. The molecule has 1 aromatic carbocycles. The summed E-state index contributed by atoms with van der Waals surface area (Å²) in [5.74, 6) is 0.812. The minimum atomic E-state index is -0.165. The van der Waals surface area contributed by atoms with E-state index < -0.39 is 0 Å². The Hall–Kier alpha value is -1.28. The smallest absolute Gasteiger partial charge is 0.127 e. The van der Waals surface area contributed by atoms with Crippen molar-refractivity contribution in [1.29, 1.82) is 0 Å². The van der Waals surface area contributed by atoms with Crippen LogP contribution in [0.5, 0.6) is 5.75 Å². The predicted octanol–water partition coefficient (Wildman–Crippen LogP) is 2.48. The molecule has 2 heteroatoms. The Labute approximate surface area is 84.8 Å². The predicted molar refractivity (Wildman–Crippen MR) is 58.3 cm³/mol. The van der Waals surface area contributed by atoms with Crippen LogP contribution in [0.3, 0.4) is 0 Å². The van der Waals surface area contributed by atoms with Gasteiger partial charge in [0.2, 0.25) is 0 Å². The monoisotopic (exact) mass is 192 g/mol. The highest BCUT2D eigenvalue weighted by Crippen LogP contribution is 2.20. The van der Waals surface area contributed by atoms with Gasteiger partial charge in [0.05, 0.1) is 6.61 Å². The van der Waals surface area contributed by atoms with Gasteiger partial charge in [-0.1, -0.05) is 30.4 Å². The van der Waals surface area contributed by atoms with Gasteiger partial charge in [-0.2, -0.15) is 0 Å². The molecule has 14 heavy (non-hydrogen) atoms. The van der Waals surface area contributed by atoms with Gasteiger partial charge in [0, 0.05) is 5.56 Å². The summed E-state index contributed by atoms with van der Waals surface area (Å²) >= 11 is 0. The molecule has 1 unspecified atom stereocenters. The molecule has 0 bridgehead atoms. The molecule has 2 nitrogen and oxygen atoms in total. The summed E-state index contributed by atoms with van der Waals surface area (Å²) in [6.45, 7) is 3.84. The quantitative estimate of drug-likeness (QED) is 0.794. The average Bonchev–Trinajstić information content (AvgIpc) is 2.21. The lowest BCUT2D eigenvalue weighted by Crippen LogP contribution is -2.16. The van der Waals surface area contributed by atoms with Gasteiger partial charge >= 0.3 is 0 Å². The fourth-order valence-corrected chi connectivity index (χ4v) is 1.16. The first kappa shape index (κ1) is 10.8. The standard InChI is InChI=1S/C12H16O2/c1-3-6-11-7-4-5-8-12(11)14-10(2)9-13/h3-8,10,13H,9H2,1-2H3. The van der Waals surface area contributed by atoms with Crippen molar-refractivity contribution < 1.29 is 9.84 Å². The van der Waals surface area contributed by atoms with Gasteiger partial charge in [-0.05, 0) is 19.9 Å². The zero-order chi connectivity index (χ0) is 10.4. The van der Waals surface area contributed by atoms with E-state index in [0.29, 0.717) is 0 Å². The number of aliphatic hydroxyl groups is 1. The highest BCUT2D eigenvalue weighted by atomic mass is 16.5. The fraction of sp³-hybridized carbons (Fsp3) is 0.333. The summed E-state index contributed by atoms with van der Waals surface area (Å²) < 4.78 is 5.55. The molecule has 0 fully saturated rings. The van der Waals surface area contributed by atoms with E-state index in [9.17, 15) is 0 Å². The first-order chi connectivity index (χ1) is 6.77. The summed E-state index contributed by atoms with van der Waals surface area (Å²) in [4.78, 5) is 0. The summed E-state index contributed by atoms with van der Waals surface area (Å²) in [5, 5.41) is 8.87. The topological polar surface area (TPSA) is 29.5 Å². The van der Waals surface area contributed by atoms with E-state index in [1.165, 1.54) is 0 Å². The number of hydrogen-bond acceptors (Lipinski definition) is 2. The highest BCUT2D eigenvalue weighted by molar-refractivity contribution is 5.56. The lowest BCUT2D eigenvalue weighted by Gasteiger charge is -2.13. The molecule has 0 aromatic heterocycles. The Balaban J connectivity index is 2.84. The van der Waals surface area contributed by atoms with Gasteiger partial charge in [0.15, 0.2) is 0 Å². The second-order valence-corrected chi connectivity index (χ2v) is 3.15. The second-order valence-electron chi connectivity index (χ2n) is 3.15. The van der Waals surface area contributed by atoms with Crippen LogP contribution in [0.4, 0.5) is 0 Å². The van der Waals surface area contributed by atoms with Crippen LogP contribution in [0.25, 0.3) is 6.08 Å². The molecule has 0 saturated carbocycles. The lowest BCUT2D eigenvalue weighted by molar-refractivity contribution is 0.129. The highest BCUT2D eigenvalue weighted by Gasteiger charge is 2.04. The van der Waals surface area contributed by atoms with Crippen molar-refractivity contribution >= 4 is 6.08 Å². The molecule has 0 radical (unpaired) electrons. The summed E-state index contributed by atoms with van der Waals surface area (Å²) in [6, 6.07) is 7.78. The van der Waals surface area contributed by atoms with Gasteiger partial charge < -0.3 is 9.84 Å². The van der Waals surface area contributed by atoms with Crippen molar-refractivity contribution in [2.24, 2.45) is 0 Å². The molecule has 76 valence electrons. The Kier molecular flexibility index (Phi) is 4.20. The van der Waals surface area contributed by atoms with E-state index in [2.05, 4.69) is 0 Å². The van der Waals surface area contributed by atoms with E-state index in [4.69, 9.17) is 9.84 Å². The molecule has 1 aromatic rings. The molecule has 0 saturated heterocycles. The zero-order valence-corrected chi connectivity index (χ0v) is 8.60. The molecule has 0 aliphatic carbocycles. The minimum Gasteiger partial charge on any atom is -0.488 e. The van der Waals surface area contributed by atoms with Gasteiger partial charge in [0.25, 0.3) is 0 Å². The third kappa shape index (κ3) is 2.89. The van der Waals surface area contributed by atoms with E-state index >= 15 is 0 Å². The first-order valence-electron chi connectivity index (χ1n) is 4.77. The van der Waals surface area contributed by atoms with Crippen LogP contribution in [0, 0.1) is 0 Å². The maximum absolute atomic E-state index is 8.87. The van der Waals surface area contributed by atoms with Gasteiger partial charge in [-0.3, -0.25) is 0 Å². The van der Waals surface area contributed by atoms with Gasteiger partial charge in [-0.25, -0.2) is 0 Å². The van der Waals surface area contributed by atoms with Gasteiger partial charge in [-0.15, -0.1) is 0 Å². The summed E-state index contributed by atoms with van der Waals surface area (Å²) in [7, 11) is 0. The normalized spacial score (nSPS) is 13.1. The molecule has 0 aliphatic rings. The summed E-state index contributed by atoms with van der Waals surface area (Å²) in [6.07, 6.45) is 3.78. The van der Waals surface area contributed by atoms with Crippen LogP contribution >= 0.6 is 0 Å². The van der Waals surface area contributed by atoms with Crippen LogP contribution in [0.15, 0.2) is 30.3 Å². The van der Waals surface area contributed by atoms with E-state index in [1.54, 1.807) is 0 Å². The van der Waals surface area contributed by atoms with Crippen LogP contribution in [0.1, 0.15) is 19.4 Å². The maximum atomic E-state index is 8.87. The molecular formula is C12H16O2.